The van der Waals surface area contributed by atoms with Crippen molar-refractivity contribution in [1.82, 2.24) is 0 Å². The lowest BCUT2D eigenvalue weighted by molar-refractivity contribution is -0.149. The van der Waals surface area contributed by atoms with Gasteiger partial charge in [-0.2, -0.15) is 0 Å². The summed E-state index contributed by atoms with van der Waals surface area (Å²) in [5.41, 5.74) is -0.381. The van der Waals surface area contributed by atoms with Crippen molar-refractivity contribution < 1.29 is 38.1 Å². The molecule has 0 radical (unpaired) electrons. The van der Waals surface area contributed by atoms with E-state index in [0.717, 1.165) is 0 Å². The van der Waals surface area contributed by atoms with E-state index in [9.17, 15) is 14.4 Å². The Hall–Kier alpha value is -2.09. The zero-order valence-electron chi connectivity index (χ0n) is 12.9. The molecule has 0 spiro atoms. The van der Waals surface area contributed by atoms with Gasteiger partial charge in [0.15, 0.2) is 12.2 Å². The van der Waals surface area contributed by atoms with Gasteiger partial charge in [0.25, 0.3) is 0 Å². The molecular weight excluding hydrogens is 308 g/mol. The first kappa shape index (κ1) is 15.8. The van der Waals surface area contributed by atoms with Crippen molar-refractivity contribution in [1.29, 1.82) is 0 Å². The Morgan fingerprint density at radius 3 is 2.74 bits per heavy atom. The second kappa shape index (κ2) is 5.52. The van der Waals surface area contributed by atoms with Crippen molar-refractivity contribution >= 4 is 18.1 Å². The highest BCUT2D eigenvalue weighted by molar-refractivity contribution is 5.86. The van der Waals surface area contributed by atoms with Crippen LogP contribution in [0.3, 0.4) is 0 Å². The maximum absolute atomic E-state index is 11.8. The number of hydrogen-bond acceptors (Lipinski definition) is 8. The van der Waals surface area contributed by atoms with E-state index in [0.29, 0.717) is 6.42 Å². The van der Waals surface area contributed by atoms with E-state index in [1.165, 1.54) is 6.92 Å². The molecule has 5 unspecified atom stereocenters. The van der Waals surface area contributed by atoms with Crippen LogP contribution in [0, 0.1) is 5.41 Å². The summed E-state index contributed by atoms with van der Waals surface area (Å²) in [4.78, 5) is 34.7. The lowest BCUT2D eigenvalue weighted by atomic mass is 9.76. The highest BCUT2D eigenvalue weighted by atomic mass is 16.8. The van der Waals surface area contributed by atoms with Gasteiger partial charge in [-0.3, -0.25) is 4.79 Å². The summed E-state index contributed by atoms with van der Waals surface area (Å²) in [6.07, 6.45) is -2.45. The zero-order chi connectivity index (χ0) is 16.8. The third-order valence-corrected chi connectivity index (χ3v) is 4.39. The van der Waals surface area contributed by atoms with Crippen molar-refractivity contribution in [3.63, 3.8) is 0 Å². The highest BCUT2D eigenvalue weighted by Gasteiger charge is 2.71. The van der Waals surface area contributed by atoms with Crippen molar-refractivity contribution in [2.75, 3.05) is 13.2 Å². The summed E-state index contributed by atoms with van der Waals surface area (Å²) in [5.74, 6) is -0.873. The molecule has 3 aliphatic heterocycles. The van der Waals surface area contributed by atoms with Crippen LogP contribution < -0.4 is 0 Å². The van der Waals surface area contributed by atoms with Gasteiger partial charge >= 0.3 is 18.1 Å². The average Bonchev–Trinajstić information content (AvgIpc) is 3.04. The van der Waals surface area contributed by atoms with Gasteiger partial charge in [-0.1, -0.05) is 6.58 Å². The van der Waals surface area contributed by atoms with Gasteiger partial charge in [0.05, 0.1) is 5.41 Å². The minimum Gasteiger partial charge on any atom is -0.459 e. The molecule has 3 fully saturated rings. The highest BCUT2D eigenvalue weighted by Crippen LogP contribution is 2.54. The Kier molecular flexibility index (Phi) is 3.79. The van der Waals surface area contributed by atoms with Crippen LogP contribution in [0.1, 0.15) is 20.3 Å². The minimum absolute atomic E-state index is 0.0928. The van der Waals surface area contributed by atoms with Crippen LogP contribution in [0.5, 0.6) is 0 Å². The largest absolute Gasteiger partial charge is 0.508 e. The zero-order valence-corrected chi connectivity index (χ0v) is 12.9. The van der Waals surface area contributed by atoms with Crippen molar-refractivity contribution in [2.45, 2.75) is 44.7 Å². The molecular formula is C15H18O8. The van der Waals surface area contributed by atoms with Gasteiger partial charge in [-0.15, -0.1) is 0 Å². The second-order valence-corrected chi connectivity index (χ2v) is 6.18. The van der Waals surface area contributed by atoms with Crippen LogP contribution in [0.2, 0.25) is 0 Å². The molecule has 3 rings (SSSR count). The van der Waals surface area contributed by atoms with Crippen molar-refractivity contribution in [3.8, 4) is 0 Å². The first-order valence-electron chi connectivity index (χ1n) is 7.35. The van der Waals surface area contributed by atoms with Crippen LogP contribution in [0.4, 0.5) is 4.79 Å². The molecule has 0 saturated carbocycles. The van der Waals surface area contributed by atoms with Crippen LogP contribution in [-0.4, -0.2) is 55.7 Å². The molecule has 3 aliphatic rings. The van der Waals surface area contributed by atoms with E-state index < -0.39 is 29.7 Å². The van der Waals surface area contributed by atoms with Crippen LogP contribution in [0.15, 0.2) is 12.2 Å². The maximum Gasteiger partial charge on any atom is 0.508 e. The van der Waals surface area contributed by atoms with Gasteiger partial charge in [0.2, 0.25) is 0 Å². The fourth-order valence-electron chi connectivity index (χ4n) is 3.20. The number of carbonyl (C=O) groups is 3. The number of rotatable bonds is 5. The molecule has 5 atom stereocenters. The molecule has 0 aliphatic carbocycles. The number of ether oxygens (including phenoxy) is 5. The predicted octanol–water partition coefficient (Wildman–Crippen LogP) is 0.730. The summed E-state index contributed by atoms with van der Waals surface area (Å²) in [6, 6.07) is 0. The first-order chi connectivity index (χ1) is 10.8. The molecule has 0 amide bonds. The van der Waals surface area contributed by atoms with E-state index in [2.05, 4.69) is 6.58 Å². The number of hydrogen-bond donors (Lipinski definition) is 0. The first-order valence-corrected chi connectivity index (χ1v) is 7.35. The van der Waals surface area contributed by atoms with E-state index in [1.54, 1.807) is 6.92 Å². The molecule has 2 bridgehead atoms. The molecule has 8 heteroatoms. The second-order valence-electron chi connectivity index (χ2n) is 6.18. The van der Waals surface area contributed by atoms with E-state index in [-0.39, 0.29) is 37.0 Å². The van der Waals surface area contributed by atoms with Crippen LogP contribution >= 0.6 is 0 Å². The van der Waals surface area contributed by atoms with Gasteiger partial charge in [0, 0.05) is 5.57 Å². The third kappa shape index (κ3) is 2.56. The quantitative estimate of drug-likeness (QED) is 0.316. The van der Waals surface area contributed by atoms with Crippen molar-refractivity contribution in [2.24, 2.45) is 5.41 Å². The summed E-state index contributed by atoms with van der Waals surface area (Å²) in [5, 5.41) is 0. The Morgan fingerprint density at radius 1 is 1.35 bits per heavy atom. The topological polar surface area (TPSA) is 97.4 Å². The molecule has 0 aromatic heterocycles. The standard InChI is InChI=1S/C15H18O8/c1-7(2)12(16)19-4-5-20-14(18)23-9-8-6-15(3)11(21-8)10(9)22-13(15)17/h8-11H,1,4-6H2,2-3H3. The van der Waals surface area contributed by atoms with E-state index >= 15 is 0 Å². The van der Waals surface area contributed by atoms with E-state index in [4.69, 9.17) is 23.7 Å². The lowest BCUT2D eigenvalue weighted by Gasteiger charge is -2.25. The lowest BCUT2D eigenvalue weighted by Crippen LogP contribution is -2.43. The molecule has 126 valence electrons. The Bertz CT molecular complexity index is 570. The Morgan fingerprint density at radius 2 is 2.04 bits per heavy atom. The van der Waals surface area contributed by atoms with Crippen molar-refractivity contribution in [3.05, 3.63) is 12.2 Å². The molecule has 3 saturated heterocycles. The Balaban J connectivity index is 1.44. The summed E-state index contributed by atoms with van der Waals surface area (Å²) in [7, 11) is 0. The fourth-order valence-corrected chi connectivity index (χ4v) is 3.20. The molecule has 0 N–H and O–H groups in total. The summed E-state index contributed by atoms with van der Waals surface area (Å²) in [6.45, 7) is 6.51. The van der Waals surface area contributed by atoms with E-state index in [1.807, 2.05) is 0 Å². The van der Waals surface area contributed by atoms with Crippen LogP contribution in [-0.2, 0) is 33.3 Å². The molecule has 0 aromatic rings. The monoisotopic (exact) mass is 326 g/mol. The van der Waals surface area contributed by atoms with Gasteiger partial charge in [-0.05, 0) is 20.3 Å². The normalized spacial score (nSPS) is 36.5. The van der Waals surface area contributed by atoms with Gasteiger partial charge in [0.1, 0.15) is 25.4 Å². The smallest absolute Gasteiger partial charge is 0.459 e. The average molecular weight is 326 g/mol. The SMILES string of the molecule is C=C(C)C(=O)OCCOC(=O)OC1C2CC3(C)C(=O)OC1C3O2. The van der Waals surface area contributed by atoms with Crippen LogP contribution in [0.25, 0.3) is 0 Å². The summed E-state index contributed by atoms with van der Waals surface area (Å²) >= 11 is 0. The molecule has 0 aromatic carbocycles. The fraction of sp³-hybridized carbons (Fsp3) is 0.667. The molecule has 8 nitrogen and oxygen atoms in total. The predicted molar refractivity (Wildman–Crippen MR) is 73.3 cm³/mol. The molecule has 3 heterocycles. The van der Waals surface area contributed by atoms with Gasteiger partial charge in [-0.25, -0.2) is 9.59 Å². The Labute approximate surface area is 132 Å². The summed E-state index contributed by atoms with van der Waals surface area (Å²) < 4.78 is 25.8. The number of esters is 2. The number of carbonyl (C=O) groups excluding carboxylic acids is 3. The minimum atomic E-state index is -0.915. The molecule has 23 heavy (non-hydrogen) atoms. The van der Waals surface area contributed by atoms with Gasteiger partial charge < -0.3 is 23.7 Å². The third-order valence-electron chi connectivity index (χ3n) is 4.39. The number of fused-ring (bicyclic) bond motifs is 1. The maximum atomic E-state index is 11.8.